The first kappa shape index (κ1) is 17.5. The number of hydrogen-bond donors (Lipinski definition) is 2. The molecule has 21 heavy (non-hydrogen) atoms. The van der Waals surface area contributed by atoms with Crippen molar-refractivity contribution in [2.75, 3.05) is 5.33 Å². The molecule has 116 valence electrons. The van der Waals surface area contributed by atoms with Crippen LogP contribution >= 0.6 is 15.9 Å². The minimum absolute atomic E-state index is 0.134. The zero-order valence-corrected chi connectivity index (χ0v) is 14.1. The number of alkyl halides is 1. The van der Waals surface area contributed by atoms with Crippen LogP contribution in [0.15, 0.2) is 24.3 Å². The van der Waals surface area contributed by atoms with Crippen molar-refractivity contribution in [3.63, 3.8) is 0 Å². The highest BCUT2D eigenvalue weighted by Gasteiger charge is 2.18. The normalized spacial score (nSPS) is 12.6. The summed E-state index contributed by atoms with van der Waals surface area (Å²) in [5.41, 5.74) is 5.94. The molecule has 0 bridgehead atoms. The third kappa shape index (κ3) is 6.62. The zero-order chi connectivity index (χ0) is 16.0. The van der Waals surface area contributed by atoms with Crippen LogP contribution in [0.4, 0.5) is 0 Å². The number of primary amides is 1. The van der Waals surface area contributed by atoms with Gasteiger partial charge in [-0.2, -0.15) is 0 Å². The first-order valence-electron chi connectivity index (χ1n) is 6.64. The van der Waals surface area contributed by atoms with E-state index < -0.39 is 11.9 Å². The SMILES string of the molecule is CC(C)(C)Oc1ccc(C[C@H](NC(=O)CBr)C(N)=O)cc1. The van der Waals surface area contributed by atoms with Gasteiger partial charge in [-0.05, 0) is 38.5 Å². The topological polar surface area (TPSA) is 81.4 Å². The van der Waals surface area contributed by atoms with E-state index in [2.05, 4.69) is 21.2 Å². The molecule has 0 saturated carbocycles. The van der Waals surface area contributed by atoms with Crippen LogP contribution in [0.3, 0.4) is 0 Å². The quantitative estimate of drug-likeness (QED) is 0.762. The van der Waals surface area contributed by atoms with E-state index in [1.165, 1.54) is 0 Å². The Morgan fingerprint density at radius 1 is 1.29 bits per heavy atom. The van der Waals surface area contributed by atoms with Crippen molar-refractivity contribution in [1.82, 2.24) is 5.32 Å². The number of ether oxygens (including phenoxy) is 1. The van der Waals surface area contributed by atoms with Crippen molar-refractivity contribution in [3.8, 4) is 5.75 Å². The van der Waals surface area contributed by atoms with E-state index >= 15 is 0 Å². The minimum Gasteiger partial charge on any atom is -0.488 e. The first-order valence-corrected chi connectivity index (χ1v) is 7.76. The van der Waals surface area contributed by atoms with Crippen LogP contribution in [-0.2, 0) is 16.0 Å². The average molecular weight is 357 g/mol. The molecule has 0 saturated heterocycles. The van der Waals surface area contributed by atoms with Crippen LogP contribution in [0.2, 0.25) is 0 Å². The Balaban J connectivity index is 2.72. The monoisotopic (exact) mass is 356 g/mol. The van der Waals surface area contributed by atoms with Crippen LogP contribution in [0.25, 0.3) is 0 Å². The lowest BCUT2D eigenvalue weighted by Gasteiger charge is -2.21. The highest BCUT2D eigenvalue weighted by atomic mass is 79.9. The smallest absolute Gasteiger partial charge is 0.240 e. The van der Waals surface area contributed by atoms with Gasteiger partial charge in [0.05, 0.1) is 5.33 Å². The van der Waals surface area contributed by atoms with Gasteiger partial charge in [0.25, 0.3) is 0 Å². The molecular weight excluding hydrogens is 336 g/mol. The highest BCUT2D eigenvalue weighted by molar-refractivity contribution is 9.09. The predicted molar refractivity (Wildman–Crippen MR) is 85.4 cm³/mol. The maximum Gasteiger partial charge on any atom is 0.240 e. The van der Waals surface area contributed by atoms with Crippen molar-refractivity contribution < 1.29 is 14.3 Å². The molecule has 0 aliphatic rings. The van der Waals surface area contributed by atoms with Crippen molar-refractivity contribution >= 4 is 27.7 Å². The molecule has 1 rings (SSSR count). The second-order valence-corrected chi connectivity index (χ2v) is 6.28. The Labute approximate surface area is 133 Å². The summed E-state index contributed by atoms with van der Waals surface area (Å²) < 4.78 is 5.72. The molecule has 1 aromatic rings. The number of halogens is 1. The Morgan fingerprint density at radius 3 is 2.29 bits per heavy atom. The fourth-order valence-corrected chi connectivity index (χ4v) is 1.90. The molecule has 6 heteroatoms. The van der Waals surface area contributed by atoms with Gasteiger partial charge in [0.15, 0.2) is 0 Å². The van der Waals surface area contributed by atoms with Gasteiger partial charge < -0.3 is 15.8 Å². The maximum absolute atomic E-state index is 11.4. The summed E-state index contributed by atoms with van der Waals surface area (Å²) in [6.45, 7) is 5.92. The molecule has 0 aliphatic heterocycles. The van der Waals surface area contributed by atoms with Gasteiger partial charge in [0.1, 0.15) is 17.4 Å². The summed E-state index contributed by atoms with van der Waals surface area (Å²) in [7, 11) is 0. The van der Waals surface area contributed by atoms with Crippen molar-refractivity contribution in [2.24, 2.45) is 5.73 Å². The van der Waals surface area contributed by atoms with Crippen molar-refractivity contribution in [1.29, 1.82) is 0 Å². The standard InChI is InChI=1S/C15H21BrN2O3/c1-15(2,3)21-11-6-4-10(5-7-11)8-12(14(17)20)18-13(19)9-16/h4-7,12H,8-9H2,1-3H3,(H2,17,20)(H,18,19)/t12-/m0/s1. The summed E-state index contributed by atoms with van der Waals surface area (Å²) in [5.74, 6) is -0.0721. The van der Waals surface area contributed by atoms with E-state index in [4.69, 9.17) is 10.5 Å². The molecule has 0 aromatic heterocycles. The number of carbonyl (C=O) groups excluding carboxylic acids is 2. The van der Waals surface area contributed by atoms with Crippen LogP contribution < -0.4 is 15.8 Å². The molecular formula is C15H21BrN2O3. The molecule has 0 aliphatic carbocycles. The van der Waals surface area contributed by atoms with Crippen molar-refractivity contribution in [2.45, 2.75) is 38.8 Å². The Kier molecular flexibility index (Phi) is 6.20. The van der Waals surface area contributed by atoms with Crippen LogP contribution in [0.1, 0.15) is 26.3 Å². The summed E-state index contributed by atoms with van der Waals surface area (Å²) >= 11 is 3.03. The van der Waals surface area contributed by atoms with Gasteiger partial charge in [0.2, 0.25) is 11.8 Å². The maximum atomic E-state index is 11.4. The summed E-state index contributed by atoms with van der Waals surface area (Å²) in [5, 5.41) is 2.71. The number of nitrogens with two attached hydrogens (primary N) is 1. The molecule has 1 aromatic carbocycles. The average Bonchev–Trinajstić information content (AvgIpc) is 2.38. The number of nitrogens with one attached hydrogen (secondary N) is 1. The number of carbonyl (C=O) groups is 2. The minimum atomic E-state index is -0.718. The van der Waals surface area contributed by atoms with E-state index in [0.717, 1.165) is 11.3 Å². The Morgan fingerprint density at radius 2 is 1.86 bits per heavy atom. The Bertz CT molecular complexity index is 495. The van der Waals surface area contributed by atoms with Gasteiger partial charge in [-0.15, -0.1) is 0 Å². The summed E-state index contributed by atoms with van der Waals surface area (Å²) in [6.07, 6.45) is 0.351. The molecule has 0 heterocycles. The third-order valence-electron chi connectivity index (χ3n) is 2.59. The van der Waals surface area contributed by atoms with E-state index in [1.54, 1.807) is 0 Å². The molecule has 0 fully saturated rings. The van der Waals surface area contributed by atoms with Gasteiger partial charge in [-0.25, -0.2) is 0 Å². The van der Waals surface area contributed by atoms with E-state index in [0.29, 0.717) is 6.42 Å². The van der Waals surface area contributed by atoms with Gasteiger partial charge in [-0.1, -0.05) is 28.1 Å². The van der Waals surface area contributed by atoms with Crippen LogP contribution in [-0.4, -0.2) is 28.8 Å². The number of rotatable bonds is 6. The molecule has 0 radical (unpaired) electrons. The molecule has 5 nitrogen and oxygen atoms in total. The third-order valence-corrected chi connectivity index (χ3v) is 3.10. The molecule has 3 N–H and O–H groups in total. The lowest BCUT2D eigenvalue weighted by molar-refractivity contribution is -0.125. The molecule has 0 unspecified atom stereocenters. The lowest BCUT2D eigenvalue weighted by Crippen LogP contribution is -2.46. The van der Waals surface area contributed by atoms with Gasteiger partial charge in [0, 0.05) is 6.42 Å². The number of hydrogen-bond acceptors (Lipinski definition) is 3. The van der Waals surface area contributed by atoms with Gasteiger partial charge >= 0.3 is 0 Å². The summed E-state index contributed by atoms with van der Waals surface area (Å²) in [6, 6.07) is 6.68. The van der Waals surface area contributed by atoms with E-state index in [-0.39, 0.29) is 16.8 Å². The van der Waals surface area contributed by atoms with E-state index in [1.807, 2.05) is 45.0 Å². The summed E-state index contributed by atoms with van der Waals surface area (Å²) in [4.78, 5) is 22.7. The second kappa shape index (κ2) is 7.45. The van der Waals surface area contributed by atoms with Crippen molar-refractivity contribution in [3.05, 3.63) is 29.8 Å². The van der Waals surface area contributed by atoms with Crippen LogP contribution in [0.5, 0.6) is 5.75 Å². The van der Waals surface area contributed by atoms with Gasteiger partial charge in [-0.3, -0.25) is 9.59 Å². The zero-order valence-electron chi connectivity index (χ0n) is 12.5. The predicted octanol–water partition coefficient (Wildman–Crippen LogP) is 1.77. The molecule has 1 atom stereocenters. The Hall–Kier alpha value is -1.56. The molecule has 2 amide bonds. The fraction of sp³-hybridized carbons (Fsp3) is 0.467. The molecule has 0 spiro atoms. The number of benzene rings is 1. The second-order valence-electron chi connectivity index (χ2n) is 5.72. The van der Waals surface area contributed by atoms with E-state index in [9.17, 15) is 9.59 Å². The first-order chi connectivity index (χ1) is 9.71. The fourth-order valence-electron chi connectivity index (χ4n) is 1.74. The number of amides is 2. The lowest BCUT2D eigenvalue weighted by atomic mass is 10.1. The largest absolute Gasteiger partial charge is 0.488 e. The highest BCUT2D eigenvalue weighted by Crippen LogP contribution is 2.19. The van der Waals surface area contributed by atoms with Crippen LogP contribution in [0, 0.1) is 0 Å².